The lowest BCUT2D eigenvalue weighted by Crippen LogP contribution is -2.30. The minimum Gasteiger partial charge on any atom is -0.496 e. The number of nitrogens with one attached hydrogen (secondary N) is 1. The number of hydrogen-bond donors (Lipinski definition) is 1. The first-order chi connectivity index (χ1) is 13.5. The minimum atomic E-state index is -0.303. The Morgan fingerprint density at radius 1 is 1.18 bits per heavy atom. The number of carbonyl (C=O) groups is 1. The highest BCUT2D eigenvalue weighted by Gasteiger charge is 2.20. The second kappa shape index (κ2) is 8.93. The van der Waals surface area contributed by atoms with Crippen molar-refractivity contribution in [3.8, 4) is 17.1 Å². The van der Waals surface area contributed by atoms with Crippen LogP contribution in [-0.4, -0.2) is 33.0 Å². The smallest absolute Gasteiger partial charge is 0.233 e. The van der Waals surface area contributed by atoms with Gasteiger partial charge >= 0.3 is 0 Å². The van der Waals surface area contributed by atoms with E-state index in [1.165, 1.54) is 11.8 Å². The molecule has 146 valence electrons. The first-order valence-electron chi connectivity index (χ1n) is 9.03. The van der Waals surface area contributed by atoms with Gasteiger partial charge in [-0.1, -0.05) is 54.2 Å². The number of aromatic nitrogens is 3. The van der Waals surface area contributed by atoms with Crippen LogP contribution in [0.5, 0.6) is 5.75 Å². The summed E-state index contributed by atoms with van der Waals surface area (Å²) < 4.78 is 7.25. The Kier molecular flexibility index (Phi) is 6.36. The third kappa shape index (κ3) is 4.36. The van der Waals surface area contributed by atoms with Gasteiger partial charge in [-0.3, -0.25) is 4.79 Å². The zero-order valence-corrected chi connectivity index (χ0v) is 17.3. The molecule has 1 amide bonds. The van der Waals surface area contributed by atoms with Gasteiger partial charge in [-0.2, -0.15) is 0 Å². The highest BCUT2D eigenvalue weighted by Crippen LogP contribution is 2.27. The van der Waals surface area contributed by atoms with Gasteiger partial charge in [-0.25, -0.2) is 0 Å². The van der Waals surface area contributed by atoms with Crippen molar-refractivity contribution in [2.24, 2.45) is 7.05 Å². The molecule has 0 saturated carbocycles. The van der Waals surface area contributed by atoms with E-state index in [0.29, 0.717) is 11.7 Å². The molecule has 0 aliphatic heterocycles. The average Bonchev–Trinajstić information content (AvgIpc) is 3.06. The molecule has 2 aromatic carbocycles. The van der Waals surface area contributed by atoms with Crippen LogP contribution in [0.15, 0.2) is 53.7 Å². The van der Waals surface area contributed by atoms with Crippen LogP contribution in [0, 0.1) is 6.92 Å². The Morgan fingerprint density at radius 3 is 2.64 bits per heavy atom. The summed E-state index contributed by atoms with van der Waals surface area (Å²) in [5, 5.41) is 12.0. The van der Waals surface area contributed by atoms with Crippen molar-refractivity contribution < 1.29 is 9.53 Å². The van der Waals surface area contributed by atoms with Gasteiger partial charge in [0, 0.05) is 24.7 Å². The molecule has 6 nitrogen and oxygen atoms in total. The molecule has 0 spiro atoms. The maximum absolute atomic E-state index is 12.5. The lowest BCUT2D eigenvalue weighted by atomic mass is 10.1. The van der Waals surface area contributed by atoms with E-state index in [2.05, 4.69) is 15.5 Å². The lowest BCUT2D eigenvalue weighted by molar-refractivity contribution is -0.120. The number of rotatable bonds is 7. The Labute approximate surface area is 169 Å². The molecule has 3 aromatic rings. The molecule has 1 heterocycles. The fraction of sp³-hybridized carbons (Fsp3) is 0.286. The lowest BCUT2D eigenvalue weighted by Gasteiger charge is -2.13. The number of thioether (sulfide) groups is 1. The van der Waals surface area contributed by atoms with Gasteiger partial charge in [0.05, 0.1) is 12.4 Å². The van der Waals surface area contributed by atoms with Gasteiger partial charge in [0.2, 0.25) is 5.91 Å². The van der Waals surface area contributed by atoms with E-state index in [9.17, 15) is 4.79 Å². The molecule has 0 aliphatic rings. The van der Waals surface area contributed by atoms with E-state index in [4.69, 9.17) is 4.74 Å². The average molecular weight is 397 g/mol. The normalized spacial score (nSPS) is 11.9. The maximum Gasteiger partial charge on any atom is 0.233 e. The predicted octanol–water partition coefficient (Wildman–Crippen LogP) is 3.60. The summed E-state index contributed by atoms with van der Waals surface area (Å²) in [4.78, 5) is 12.5. The Bertz CT molecular complexity index is 971. The monoisotopic (exact) mass is 396 g/mol. The molecule has 1 aromatic heterocycles. The summed E-state index contributed by atoms with van der Waals surface area (Å²) in [6.45, 7) is 4.33. The van der Waals surface area contributed by atoms with E-state index in [1.807, 2.05) is 74.0 Å². The first kappa shape index (κ1) is 19.9. The maximum atomic E-state index is 12.5. The zero-order valence-electron chi connectivity index (χ0n) is 16.5. The molecule has 7 heteroatoms. The SMILES string of the molecule is COc1ccccc1CNC(=O)[C@H](C)Sc1nnc(-c2ccccc2C)n1C. The van der Waals surface area contributed by atoms with Crippen molar-refractivity contribution in [3.63, 3.8) is 0 Å². The van der Waals surface area contributed by atoms with E-state index in [1.54, 1.807) is 7.11 Å². The van der Waals surface area contributed by atoms with Crippen LogP contribution >= 0.6 is 11.8 Å². The number of methoxy groups -OCH3 is 1. The fourth-order valence-corrected chi connectivity index (χ4v) is 3.70. The number of para-hydroxylation sites is 1. The molecule has 28 heavy (non-hydrogen) atoms. The van der Waals surface area contributed by atoms with Gasteiger partial charge in [0.25, 0.3) is 0 Å². The fourth-order valence-electron chi connectivity index (χ4n) is 2.86. The molecule has 0 aliphatic carbocycles. The van der Waals surface area contributed by atoms with Crippen molar-refractivity contribution in [2.75, 3.05) is 7.11 Å². The molecular weight excluding hydrogens is 372 g/mol. The highest BCUT2D eigenvalue weighted by molar-refractivity contribution is 8.00. The Morgan fingerprint density at radius 2 is 1.89 bits per heavy atom. The quantitative estimate of drug-likeness (QED) is 0.618. The number of carbonyl (C=O) groups excluding carboxylic acids is 1. The van der Waals surface area contributed by atoms with E-state index >= 15 is 0 Å². The molecule has 1 N–H and O–H groups in total. The zero-order chi connectivity index (χ0) is 20.1. The summed E-state index contributed by atoms with van der Waals surface area (Å²) in [6.07, 6.45) is 0. The van der Waals surface area contributed by atoms with E-state index in [0.717, 1.165) is 28.3 Å². The number of ether oxygens (including phenoxy) is 1. The van der Waals surface area contributed by atoms with Crippen molar-refractivity contribution in [3.05, 3.63) is 59.7 Å². The van der Waals surface area contributed by atoms with Crippen LogP contribution in [-0.2, 0) is 18.4 Å². The molecular formula is C21H24N4O2S. The molecule has 3 rings (SSSR count). The number of benzene rings is 2. The summed E-state index contributed by atoms with van der Waals surface area (Å²) in [5.41, 5.74) is 3.12. The summed E-state index contributed by atoms with van der Waals surface area (Å²) in [5.74, 6) is 1.50. The molecule has 0 bridgehead atoms. The largest absolute Gasteiger partial charge is 0.496 e. The molecule has 1 atom stereocenters. The van der Waals surface area contributed by atoms with Gasteiger partial charge in [0.1, 0.15) is 5.75 Å². The standard InChI is InChI=1S/C21H24N4O2S/c1-14-9-5-7-11-17(14)19-23-24-21(25(19)3)28-15(2)20(26)22-13-16-10-6-8-12-18(16)27-4/h5-12,15H,13H2,1-4H3,(H,22,26)/t15-/m0/s1. The summed E-state index contributed by atoms with van der Waals surface area (Å²) in [7, 11) is 3.54. The molecule has 0 fully saturated rings. The van der Waals surface area contributed by atoms with Crippen LogP contribution in [0.4, 0.5) is 0 Å². The van der Waals surface area contributed by atoms with Crippen LogP contribution in [0.1, 0.15) is 18.1 Å². The van der Waals surface area contributed by atoms with Crippen LogP contribution in [0.2, 0.25) is 0 Å². The third-order valence-corrected chi connectivity index (χ3v) is 5.65. The van der Waals surface area contributed by atoms with Gasteiger partial charge < -0.3 is 14.6 Å². The Balaban J connectivity index is 1.65. The number of hydrogen-bond acceptors (Lipinski definition) is 5. The second-order valence-electron chi connectivity index (χ2n) is 6.47. The number of aryl methyl sites for hydroxylation is 1. The Hall–Kier alpha value is -2.80. The van der Waals surface area contributed by atoms with Crippen LogP contribution < -0.4 is 10.1 Å². The van der Waals surface area contributed by atoms with Crippen molar-refractivity contribution in [2.45, 2.75) is 30.8 Å². The summed E-state index contributed by atoms with van der Waals surface area (Å²) in [6, 6.07) is 15.7. The van der Waals surface area contributed by atoms with Crippen molar-refractivity contribution >= 4 is 17.7 Å². The minimum absolute atomic E-state index is 0.0589. The predicted molar refractivity (Wildman–Crippen MR) is 111 cm³/mol. The molecule has 0 radical (unpaired) electrons. The van der Waals surface area contributed by atoms with Crippen LogP contribution in [0.25, 0.3) is 11.4 Å². The van der Waals surface area contributed by atoms with Gasteiger partial charge in [-0.15, -0.1) is 10.2 Å². The summed E-state index contributed by atoms with van der Waals surface area (Å²) >= 11 is 1.39. The number of nitrogens with zero attached hydrogens (tertiary/aromatic N) is 3. The topological polar surface area (TPSA) is 69.0 Å². The van der Waals surface area contributed by atoms with Crippen molar-refractivity contribution in [1.29, 1.82) is 0 Å². The van der Waals surface area contributed by atoms with Crippen LogP contribution in [0.3, 0.4) is 0 Å². The molecule has 0 unspecified atom stereocenters. The van der Waals surface area contributed by atoms with E-state index in [-0.39, 0.29) is 11.2 Å². The van der Waals surface area contributed by atoms with Crippen molar-refractivity contribution in [1.82, 2.24) is 20.1 Å². The van der Waals surface area contributed by atoms with Gasteiger partial charge in [0.15, 0.2) is 11.0 Å². The van der Waals surface area contributed by atoms with E-state index < -0.39 is 0 Å². The van der Waals surface area contributed by atoms with Gasteiger partial charge in [-0.05, 0) is 25.5 Å². The number of amides is 1. The third-order valence-electron chi connectivity index (χ3n) is 4.52. The second-order valence-corrected chi connectivity index (χ2v) is 7.78. The highest BCUT2D eigenvalue weighted by atomic mass is 32.2. The molecule has 0 saturated heterocycles. The first-order valence-corrected chi connectivity index (χ1v) is 9.91.